The Kier molecular flexibility index (Phi) is 5.74. The molecule has 0 aliphatic carbocycles. The summed E-state index contributed by atoms with van der Waals surface area (Å²) in [7, 11) is 0. The standard InChI is InChI=1S/C23H20F2N6O3/c24-15-6-2-1-5-14(15)13-31-20(17-8-10-34-29-17)11-18(28-31)21-26-12-16(25)22(27-21)30-9-4-3-7-19(30)23(32)33/h1-2,5-6,8,10-12,19H,3-4,7,9,13H2,(H,32,33)/t19-/m1/s1. The third-order valence-corrected chi connectivity index (χ3v) is 5.77. The number of hydrogen-bond acceptors (Lipinski definition) is 7. The average Bonchev–Trinajstić information content (AvgIpc) is 3.51. The van der Waals surface area contributed by atoms with E-state index in [2.05, 4.69) is 20.2 Å². The Labute approximate surface area is 192 Å². The molecule has 0 radical (unpaired) electrons. The summed E-state index contributed by atoms with van der Waals surface area (Å²) in [6, 6.07) is 8.77. The van der Waals surface area contributed by atoms with Crippen LogP contribution in [0.25, 0.3) is 22.9 Å². The molecule has 34 heavy (non-hydrogen) atoms. The van der Waals surface area contributed by atoms with Crippen molar-refractivity contribution in [2.45, 2.75) is 31.8 Å². The SMILES string of the molecule is O=C(O)[C@H]1CCCCN1c1nc(-c2cc(-c3ccon3)n(Cc3ccccc3F)n2)ncc1F. The fourth-order valence-corrected chi connectivity index (χ4v) is 4.11. The highest BCUT2D eigenvalue weighted by Crippen LogP contribution is 2.29. The van der Waals surface area contributed by atoms with E-state index in [9.17, 15) is 18.7 Å². The number of hydrogen-bond donors (Lipinski definition) is 1. The summed E-state index contributed by atoms with van der Waals surface area (Å²) in [5, 5.41) is 18.1. The zero-order valence-electron chi connectivity index (χ0n) is 17.9. The van der Waals surface area contributed by atoms with Gasteiger partial charge >= 0.3 is 5.97 Å². The van der Waals surface area contributed by atoms with Gasteiger partial charge in [0.15, 0.2) is 17.5 Å². The van der Waals surface area contributed by atoms with E-state index >= 15 is 0 Å². The Bertz CT molecular complexity index is 1320. The van der Waals surface area contributed by atoms with Gasteiger partial charge in [-0.1, -0.05) is 23.4 Å². The van der Waals surface area contributed by atoms with Gasteiger partial charge in [-0.2, -0.15) is 5.10 Å². The highest BCUT2D eigenvalue weighted by molar-refractivity contribution is 5.78. The zero-order valence-corrected chi connectivity index (χ0v) is 17.9. The second-order valence-corrected chi connectivity index (χ2v) is 7.96. The molecule has 4 aromatic rings. The van der Waals surface area contributed by atoms with Crippen molar-refractivity contribution in [1.82, 2.24) is 24.9 Å². The number of rotatable bonds is 6. The molecule has 4 heterocycles. The van der Waals surface area contributed by atoms with Crippen LogP contribution >= 0.6 is 0 Å². The molecular weight excluding hydrogens is 446 g/mol. The van der Waals surface area contributed by atoms with Crippen LogP contribution in [-0.2, 0) is 11.3 Å². The number of carboxylic acid groups (broad SMARTS) is 1. The minimum atomic E-state index is -1.03. The molecule has 1 atom stereocenters. The summed E-state index contributed by atoms with van der Waals surface area (Å²) in [4.78, 5) is 21.6. The van der Waals surface area contributed by atoms with Crippen LogP contribution in [0.5, 0.6) is 0 Å². The normalized spacial score (nSPS) is 16.1. The van der Waals surface area contributed by atoms with Crippen molar-refractivity contribution in [2.75, 3.05) is 11.4 Å². The first-order valence-corrected chi connectivity index (χ1v) is 10.8. The Morgan fingerprint density at radius 1 is 1.15 bits per heavy atom. The topological polar surface area (TPSA) is 110 Å². The second kappa shape index (κ2) is 9.00. The molecule has 1 aliphatic heterocycles. The maximum absolute atomic E-state index is 14.7. The molecule has 0 unspecified atom stereocenters. The molecule has 9 nitrogen and oxygen atoms in total. The Morgan fingerprint density at radius 2 is 2.00 bits per heavy atom. The molecule has 11 heteroatoms. The molecule has 5 rings (SSSR count). The van der Waals surface area contributed by atoms with Crippen LogP contribution in [0.4, 0.5) is 14.6 Å². The number of piperidine rings is 1. The van der Waals surface area contributed by atoms with Crippen molar-refractivity contribution in [1.29, 1.82) is 0 Å². The summed E-state index contributed by atoms with van der Waals surface area (Å²) in [6.45, 7) is 0.479. The number of anilines is 1. The van der Waals surface area contributed by atoms with Gasteiger partial charge < -0.3 is 14.5 Å². The molecule has 0 amide bonds. The van der Waals surface area contributed by atoms with Gasteiger partial charge in [-0.3, -0.25) is 4.68 Å². The van der Waals surface area contributed by atoms with Crippen LogP contribution < -0.4 is 4.90 Å². The minimum absolute atomic E-state index is 0.0799. The van der Waals surface area contributed by atoms with E-state index in [1.54, 1.807) is 35.0 Å². The van der Waals surface area contributed by atoms with E-state index in [1.165, 1.54) is 17.2 Å². The summed E-state index contributed by atoms with van der Waals surface area (Å²) >= 11 is 0. The quantitative estimate of drug-likeness (QED) is 0.457. The molecule has 3 aromatic heterocycles. The van der Waals surface area contributed by atoms with Gasteiger partial charge in [0.2, 0.25) is 0 Å². The van der Waals surface area contributed by atoms with Crippen LogP contribution in [0, 0.1) is 11.6 Å². The number of aromatic nitrogens is 5. The molecule has 0 spiro atoms. The van der Waals surface area contributed by atoms with Crippen LogP contribution in [0.15, 0.2) is 53.4 Å². The summed E-state index contributed by atoms with van der Waals surface area (Å²) in [6.07, 6.45) is 4.30. The second-order valence-electron chi connectivity index (χ2n) is 7.96. The molecule has 1 aromatic carbocycles. The van der Waals surface area contributed by atoms with Crippen molar-refractivity contribution in [3.8, 4) is 22.9 Å². The number of carbonyl (C=O) groups is 1. The van der Waals surface area contributed by atoms with Crippen LogP contribution in [0.2, 0.25) is 0 Å². The van der Waals surface area contributed by atoms with Gasteiger partial charge in [-0.15, -0.1) is 0 Å². The highest BCUT2D eigenvalue weighted by Gasteiger charge is 2.32. The van der Waals surface area contributed by atoms with E-state index in [0.29, 0.717) is 35.6 Å². The zero-order chi connectivity index (χ0) is 23.7. The van der Waals surface area contributed by atoms with Crippen molar-refractivity contribution in [3.63, 3.8) is 0 Å². The van der Waals surface area contributed by atoms with Gasteiger partial charge in [0, 0.05) is 18.2 Å². The Hall–Kier alpha value is -4.15. The number of carboxylic acids is 1. The van der Waals surface area contributed by atoms with E-state index in [-0.39, 0.29) is 24.0 Å². The maximum atomic E-state index is 14.7. The van der Waals surface area contributed by atoms with E-state index in [0.717, 1.165) is 19.0 Å². The van der Waals surface area contributed by atoms with E-state index in [4.69, 9.17) is 4.52 Å². The lowest BCUT2D eigenvalue weighted by molar-refractivity contribution is -0.139. The van der Waals surface area contributed by atoms with Gasteiger partial charge in [0.25, 0.3) is 0 Å². The summed E-state index contributed by atoms with van der Waals surface area (Å²) < 4.78 is 35.5. The summed E-state index contributed by atoms with van der Waals surface area (Å²) in [5.74, 6) is -2.08. The van der Waals surface area contributed by atoms with Gasteiger partial charge in [0.1, 0.15) is 29.5 Å². The van der Waals surface area contributed by atoms with E-state index in [1.807, 2.05) is 0 Å². The number of nitrogens with zero attached hydrogens (tertiary/aromatic N) is 6. The molecule has 0 bridgehead atoms. The van der Waals surface area contributed by atoms with Gasteiger partial charge in [0.05, 0.1) is 18.4 Å². The maximum Gasteiger partial charge on any atom is 0.326 e. The predicted molar refractivity (Wildman–Crippen MR) is 117 cm³/mol. The molecule has 1 N–H and O–H groups in total. The predicted octanol–water partition coefficient (Wildman–Crippen LogP) is 3.77. The molecule has 1 saturated heterocycles. The van der Waals surface area contributed by atoms with Crippen molar-refractivity contribution in [2.24, 2.45) is 0 Å². The Balaban J connectivity index is 1.56. The molecule has 1 fully saturated rings. The lowest BCUT2D eigenvalue weighted by Crippen LogP contribution is -2.45. The number of benzene rings is 1. The molecule has 0 saturated carbocycles. The first kappa shape index (κ1) is 21.7. The molecule has 1 aliphatic rings. The lowest BCUT2D eigenvalue weighted by Gasteiger charge is -2.33. The van der Waals surface area contributed by atoms with Crippen LogP contribution in [0.1, 0.15) is 24.8 Å². The van der Waals surface area contributed by atoms with Crippen molar-refractivity contribution in [3.05, 3.63) is 66.1 Å². The fraction of sp³-hybridized carbons (Fsp3) is 0.261. The Morgan fingerprint density at radius 3 is 2.76 bits per heavy atom. The van der Waals surface area contributed by atoms with Crippen molar-refractivity contribution < 1.29 is 23.2 Å². The monoisotopic (exact) mass is 466 g/mol. The molecule has 174 valence electrons. The summed E-state index contributed by atoms with van der Waals surface area (Å²) in [5.41, 5.74) is 1.72. The first-order chi connectivity index (χ1) is 16.5. The fourth-order valence-electron chi connectivity index (χ4n) is 4.11. The first-order valence-electron chi connectivity index (χ1n) is 10.8. The van der Waals surface area contributed by atoms with Crippen LogP contribution in [0.3, 0.4) is 0 Å². The highest BCUT2D eigenvalue weighted by atomic mass is 19.1. The number of halogens is 2. The average molecular weight is 466 g/mol. The van der Waals surface area contributed by atoms with Crippen LogP contribution in [-0.4, -0.2) is 48.6 Å². The van der Waals surface area contributed by atoms with Gasteiger partial charge in [-0.05, 0) is 31.4 Å². The third-order valence-electron chi connectivity index (χ3n) is 5.77. The molecular formula is C23H20F2N6O3. The lowest BCUT2D eigenvalue weighted by atomic mass is 10.0. The third kappa shape index (κ3) is 4.12. The minimum Gasteiger partial charge on any atom is -0.480 e. The van der Waals surface area contributed by atoms with Gasteiger partial charge in [-0.25, -0.2) is 23.5 Å². The smallest absolute Gasteiger partial charge is 0.326 e. The van der Waals surface area contributed by atoms with E-state index < -0.39 is 17.8 Å². The number of aliphatic carboxylic acids is 1. The van der Waals surface area contributed by atoms with Crippen molar-refractivity contribution >= 4 is 11.8 Å². The largest absolute Gasteiger partial charge is 0.480 e.